The number of amides is 1. The highest BCUT2D eigenvalue weighted by Crippen LogP contribution is 2.19. The second kappa shape index (κ2) is 6.05. The Bertz CT molecular complexity index is 528. The maximum Gasteiger partial charge on any atom is 0.320 e. The van der Waals surface area contributed by atoms with E-state index in [1.54, 1.807) is 4.90 Å². The molecule has 5 nitrogen and oxygen atoms in total. The topological polar surface area (TPSA) is 69.6 Å². The summed E-state index contributed by atoms with van der Waals surface area (Å²) in [4.78, 5) is 24.9. The summed E-state index contributed by atoms with van der Waals surface area (Å²) in [6.07, 6.45) is 1.44. The van der Waals surface area contributed by atoms with Crippen molar-refractivity contribution in [2.24, 2.45) is 0 Å². The summed E-state index contributed by atoms with van der Waals surface area (Å²) in [5.74, 6) is -1.01. The minimum atomic E-state index is -0.845. The lowest BCUT2D eigenvalue weighted by molar-refractivity contribution is -0.142. The van der Waals surface area contributed by atoms with Crippen molar-refractivity contribution in [2.45, 2.75) is 32.7 Å². The van der Waals surface area contributed by atoms with Gasteiger partial charge in [0.15, 0.2) is 0 Å². The van der Waals surface area contributed by atoms with Crippen molar-refractivity contribution in [3.05, 3.63) is 29.3 Å². The van der Waals surface area contributed by atoms with Crippen LogP contribution in [0.5, 0.6) is 0 Å². The molecule has 0 radical (unpaired) electrons. The van der Waals surface area contributed by atoms with Crippen LogP contribution in [0, 0.1) is 13.8 Å². The third-order valence-electron chi connectivity index (χ3n) is 3.87. The van der Waals surface area contributed by atoms with Gasteiger partial charge in [-0.2, -0.15) is 0 Å². The number of nitrogens with zero attached hydrogens (tertiary/aromatic N) is 1. The minimum Gasteiger partial charge on any atom is -0.480 e. The maximum absolute atomic E-state index is 12.1. The van der Waals surface area contributed by atoms with Crippen LogP contribution in [0.4, 0.5) is 5.69 Å². The average molecular weight is 276 g/mol. The van der Waals surface area contributed by atoms with Crippen molar-refractivity contribution in [3.8, 4) is 0 Å². The van der Waals surface area contributed by atoms with Crippen LogP contribution < -0.4 is 5.32 Å². The van der Waals surface area contributed by atoms with Crippen molar-refractivity contribution in [2.75, 3.05) is 18.4 Å². The summed E-state index contributed by atoms with van der Waals surface area (Å²) < 4.78 is 0. The largest absolute Gasteiger partial charge is 0.480 e. The number of likely N-dealkylation sites (tertiary alicyclic amines) is 1. The first-order valence-electron chi connectivity index (χ1n) is 6.82. The fourth-order valence-electron chi connectivity index (χ4n) is 2.56. The molecule has 1 aliphatic heterocycles. The van der Waals surface area contributed by atoms with Crippen LogP contribution >= 0.6 is 0 Å². The van der Waals surface area contributed by atoms with Crippen LogP contribution in [0.1, 0.15) is 24.0 Å². The van der Waals surface area contributed by atoms with Gasteiger partial charge in [-0.3, -0.25) is 14.5 Å². The molecule has 0 unspecified atom stereocenters. The second-order valence-electron chi connectivity index (χ2n) is 5.26. The van der Waals surface area contributed by atoms with Gasteiger partial charge in [-0.05, 0) is 50.4 Å². The number of benzene rings is 1. The third kappa shape index (κ3) is 3.17. The molecule has 1 amide bonds. The van der Waals surface area contributed by atoms with E-state index >= 15 is 0 Å². The van der Waals surface area contributed by atoms with E-state index in [-0.39, 0.29) is 12.5 Å². The number of rotatable bonds is 4. The molecular formula is C15H20N2O3. The van der Waals surface area contributed by atoms with Crippen LogP contribution in [0.2, 0.25) is 0 Å². The zero-order valence-electron chi connectivity index (χ0n) is 11.8. The van der Waals surface area contributed by atoms with Crippen molar-refractivity contribution in [1.29, 1.82) is 0 Å². The highest BCUT2D eigenvalue weighted by molar-refractivity contribution is 5.93. The predicted molar refractivity (Wildman–Crippen MR) is 76.8 cm³/mol. The molecule has 20 heavy (non-hydrogen) atoms. The van der Waals surface area contributed by atoms with Crippen LogP contribution in [0.3, 0.4) is 0 Å². The van der Waals surface area contributed by atoms with Gasteiger partial charge >= 0.3 is 5.97 Å². The number of carbonyl (C=O) groups is 2. The summed E-state index contributed by atoms with van der Waals surface area (Å²) in [5.41, 5.74) is 2.95. The smallest absolute Gasteiger partial charge is 0.320 e. The van der Waals surface area contributed by atoms with Crippen molar-refractivity contribution in [3.63, 3.8) is 0 Å². The zero-order chi connectivity index (χ0) is 14.7. The number of hydrogen-bond acceptors (Lipinski definition) is 3. The van der Waals surface area contributed by atoms with Gasteiger partial charge in [0, 0.05) is 5.69 Å². The van der Waals surface area contributed by atoms with Crippen molar-refractivity contribution < 1.29 is 14.7 Å². The molecule has 0 bridgehead atoms. The molecule has 1 aromatic rings. The third-order valence-corrected chi connectivity index (χ3v) is 3.87. The molecule has 1 atom stereocenters. The fraction of sp³-hybridized carbons (Fsp3) is 0.467. The molecule has 1 aliphatic rings. The quantitative estimate of drug-likeness (QED) is 0.879. The van der Waals surface area contributed by atoms with Gasteiger partial charge in [0.25, 0.3) is 0 Å². The molecule has 2 rings (SSSR count). The van der Waals surface area contributed by atoms with E-state index in [4.69, 9.17) is 5.11 Å². The molecule has 5 heteroatoms. The molecule has 1 fully saturated rings. The summed E-state index contributed by atoms with van der Waals surface area (Å²) in [6.45, 7) is 4.74. The van der Waals surface area contributed by atoms with Crippen LogP contribution in [-0.2, 0) is 9.59 Å². The Morgan fingerprint density at radius 2 is 2.15 bits per heavy atom. The van der Waals surface area contributed by atoms with Gasteiger partial charge in [-0.25, -0.2) is 0 Å². The molecule has 2 N–H and O–H groups in total. The molecule has 0 saturated carbocycles. The molecule has 108 valence electrons. The lowest BCUT2D eigenvalue weighted by Crippen LogP contribution is -2.41. The zero-order valence-corrected chi connectivity index (χ0v) is 11.8. The molecular weight excluding hydrogens is 256 g/mol. The number of aryl methyl sites for hydroxylation is 1. The molecule has 1 saturated heterocycles. The lowest BCUT2D eigenvalue weighted by Gasteiger charge is -2.20. The van der Waals surface area contributed by atoms with E-state index in [9.17, 15) is 9.59 Å². The summed E-state index contributed by atoms with van der Waals surface area (Å²) in [7, 11) is 0. The summed E-state index contributed by atoms with van der Waals surface area (Å²) in [5, 5.41) is 12.0. The Morgan fingerprint density at radius 3 is 2.85 bits per heavy atom. The van der Waals surface area contributed by atoms with E-state index in [1.807, 2.05) is 32.0 Å². The normalized spacial score (nSPS) is 19.0. The second-order valence-corrected chi connectivity index (χ2v) is 5.26. The number of nitrogens with one attached hydrogen (secondary N) is 1. The highest BCUT2D eigenvalue weighted by Gasteiger charge is 2.31. The average Bonchev–Trinajstić information content (AvgIpc) is 2.83. The van der Waals surface area contributed by atoms with E-state index in [2.05, 4.69) is 5.32 Å². The van der Waals surface area contributed by atoms with Crippen LogP contribution in [0.15, 0.2) is 18.2 Å². The van der Waals surface area contributed by atoms with Gasteiger partial charge in [0.2, 0.25) is 5.91 Å². The fourth-order valence-corrected chi connectivity index (χ4v) is 2.56. The van der Waals surface area contributed by atoms with E-state index in [0.717, 1.165) is 23.2 Å². The number of carbonyl (C=O) groups excluding carboxylic acids is 1. The number of carboxylic acids is 1. The Balaban J connectivity index is 1.99. The Kier molecular flexibility index (Phi) is 4.39. The van der Waals surface area contributed by atoms with Gasteiger partial charge in [0.05, 0.1) is 6.54 Å². The van der Waals surface area contributed by atoms with E-state index < -0.39 is 12.0 Å². The molecule has 0 spiro atoms. The van der Waals surface area contributed by atoms with Gasteiger partial charge in [-0.1, -0.05) is 12.1 Å². The molecule has 1 aromatic carbocycles. The number of aliphatic carboxylic acids is 1. The first-order chi connectivity index (χ1) is 9.49. The minimum absolute atomic E-state index is 0.129. The van der Waals surface area contributed by atoms with Gasteiger partial charge < -0.3 is 10.4 Å². The standard InChI is InChI=1S/C15H20N2O3/c1-10-5-3-6-12(11(10)2)16-14(18)9-17-8-4-7-13(17)15(19)20/h3,5-6,13H,4,7-9H2,1-2H3,(H,16,18)(H,19,20)/t13-/m0/s1. The molecule has 0 aromatic heterocycles. The highest BCUT2D eigenvalue weighted by atomic mass is 16.4. The number of hydrogen-bond donors (Lipinski definition) is 2. The van der Waals surface area contributed by atoms with E-state index in [1.165, 1.54) is 0 Å². The molecule has 0 aliphatic carbocycles. The van der Waals surface area contributed by atoms with Gasteiger partial charge in [-0.15, -0.1) is 0 Å². The maximum atomic E-state index is 12.1. The summed E-state index contributed by atoms with van der Waals surface area (Å²) >= 11 is 0. The first kappa shape index (κ1) is 14.5. The number of anilines is 1. The number of carboxylic acid groups (broad SMARTS) is 1. The monoisotopic (exact) mass is 276 g/mol. The summed E-state index contributed by atoms with van der Waals surface area (Å²) in [6, 6.07) is 5.22. The van der Waals surface area contributed by atoms with Crippen molar-refractivity contribution >= 4 is 17.6 Å². The SMILES string of the molecule is Cc1cccc(NC(=O)CN2CCC[C@H]2C(=O)O)c1C. The Morgan fingerprint density at radius 1 is 1.40 bits per heavy atom. The van der Waals surface area contributed by atoms with E-state index in [0.29, 0.717) is 13.0 Å². The van der Waals surface area contributed by atoms with Crippen LogP contribution in [-0.4, -0.2) is 41.0 Å². The Labute approximate surface area is 118 Å². The Hall–Kier alpha value is -1.88. The lowest BCUT2D eigenvalue weighted by atomic mass is 10.1. The van der Waals surface area contributed by atoms with Crippen LogP contribution in [0.25, 0.3) is 0 Å². The predicted octanol–water partition coefficient (Wildman–Crippen LogP) is 1.79. The van der Waals surface area contributed by atoms with Crippen molar-refractivity contribution in [1.82, 2.24) is 4.90 Å². The molecule has 1 heterocycles. The van der Waals surface area contributed by atoms with Gasteiger partial charge in [0.1, 0.15) is 6.04 Å². The first-order valence-corrected chi connectivity index (χ1v) is 6.82.